The highest BCUT2D eigenvalue weighted by atomic mass is 16.5. The maximum atomic E-state index is 12.4. The second-order valence-corrected chi connectivity index (χ2v) is 7.85. The summed E-state index contributed by atoms with van der Waals surface area (Å²) in [5, 5.41) is 5.76. The monoisotopic (exact) mass is 443 g/mol. The van der Waals surface area contributed by atoms with Crippen molar-refractivity contribution in [3.05, 3.63) is 89.5 Å². The Kier molecular flexibility index (Phi) is 6.69. The van der Waals surface area contributed by atoms with Crippen molar-refractivity contribution in [2.45, 2.75) is 19.9 Å². The second-order valence-electron chi connectivity index (χ2n) is 7.85. The van der Waals surface area contributed by atoms with Gasteiger partial charge >= 0.3 is 0 Å². The predicted octanol–water partition coefficient (Wildman–Crippen LogP) is 3.68. The van der Waals surface area contributed by atoms with Gasteiger partial charge in [-0.1, -0.05) is 42.0 Å². The van der Waals surface area contributed by atoms with Crippen LogP contribution < -0.4 is 20.3 Å². The van der Waals surface area contributed by atoms with Gasteiger partial charge in [0.1, 0.15) is 5.75 Å². The lowest BCUT2D eigenvalue weighted by atomic mass is 10.1. The van der Waals surface area contributed by atoms with Crippen LogP contribution in [0.3, 0.4) is 0 Å². The van der Waals surface area contributed by atoms with E-state index in [-0.39, 0.29) is 37.3 Å². The van der Waals surface area contributed by atoms with Crippen molar-refractivity contribution < 1.29 is 19.1 Å². The molecule has 0 atom stereocenters. The van der Waals surface area contributed by atoms with Crippen molar-refractivity contribution in [2.24, 2.45) is 0 Å². The topological polar surface area (TPSA) is 87.7 Å². The molecule has 0 unspecified atom stereocenters. The van der Waals surface area contributed by atoms with Crippen LogP contribution in [0.5, 0.6) is 5.75 Å². The zero-order chi connectivity index (χ0) is 23.2. The van der Waals surface area contributed by atoms with E-state index >= 15 is 0 Å². The van der Waals surface area contributed by atoms with Crippen LogP contribution in [0.1, 0.15) is 27.9 Å². The quantitative estimate of drug-likeness (QED) is 0.583. The minimum absolute atomic E-state index is 0.0280. The second kappa shape index (κ2) is 9.99. The van der Waals surface area contributed by atoms with Gasteiger partial charge in [-0.3, -0.25) is 14.4 Å². The first-order valence-electron chi connectivity index (χ1n) is 10.8. The van der Waals surface area contributed by atoms with Gasteiger partial charge in [-0.15, -0.1) is 0 Å². The molecule has 0 spiro atoms. The largest absolute Gasteiger partial charge is 0.482 e. The van der Waals surface area contributed by atoms with E-state index in [0.29, 0.717) is 29.2 Å². The number of carbonyl (C=O) groups is 3. The number of aryl methyl sites for hydroxylation is 1. The first-order chi connectivity index (χ1) is 16.0. The Labute approximate surface area is 192 Å². The number of para-hydroxylation sites is 2. The van der Waals surface area contributed by atoms with E-state index < -0.39 is 0 Å². The first kappa shape index (κ1) is 22.1. The number of nitrogens with zero attached hydrogens (tertiary/aromatic N) is 1. The molecule has 0 aliphatic carbocycles. The Morgan fingerprint density at radius 1 is 1.00 bits per heavy atom. The Bertz CT molecular complexity index is 1170. The van der Waals surface area contributed by atoms with Crippen LogP contribution in [0.15, 0.2) is 72.8 Å². The van der Waals surface area contributed by atoms with Gasteiger partial charge in [-0.05, 0) is 48.9 Å². The highest BCUT2D eigenvalue weighted by Crippen LogP contribution is 2.31. The number of ether oxygens (including phenoxy) is 1. The van der Waals surface area contributed by atoms with Crippen molar-refractivity contribution in [1.29, 1.82) is 0 Å². The van der Waals surface area contributed by atoms with Crippen molar-refractivity contribution in [1.82, 2.24) is 5.32 Å². The van der Waals surface area contributed by atoms with Crippen LogP contribution in [0.4, 0.5) is 11.4 Å². The molecule has 0 bridgehead atoms. The van der Waals surface area contributed by atoms with Crippen molar-refractivity contribution in [3.63, 3.8) is 0 Å². The zero-order valence-electron chi connectivity index (χ0n) is 18.3. The molecule has 1 heterocycles. The summed E-state index contributed by atoms with van der Waals surface area (Å²) < 4.78 is 5.43. The summed E-state index contributed by atoms with van der Waals surface area (Å²) in [6.45, 7) is 2.54. The number of hydrogen-bond donors (Lipinski definition) is 2. The van der Waals surface area contributed by atoms with Crippen LogP contribution in [-0.4, -0.2) is 30.9 Å². The Balaban J connectivity index is 1.30. The molecule has 0 radical (unpaired) electrons. The third-order valence-electron chi connectivity index (χ3n) is 5.36. The van der Waals surface area contributed by atoms with Crippen LogP contribution in [-0.2, 0) is 16.1 Å². The molecule has 3 amide bonds. The first-order valence-corrected chi connectivity index (χ1v) is 10.8. The molecule has 7 heteroatoms. The number of nitrogens with one attached hydrogen (secondary N) is 2. The molecule has 7 nitrogen and oxygen atoms in total. The van der Waals surface area contributed by atoms with E-state index in [1.165, 1.54) is 0 Å². The molecule has 1 aliphatic heterocycles. The average Bonchev–Trinajstić information content (AvgIpc) is 2.83. The lowest BCUT2D eigenvalue weighted by molar-refractivity contribution is -0.122. The average molecular weight is 444 g/mol. The van der Waals surface area contributed by atoms with Gasteiger partial charge < -0.3 is 20.3 Å². The maximum absolute atomic E-state index is 12.4. The van der Waals surface area contributed by atoms with E-state index in [2.05, 4.69) is 10.6 Å². The van der Waals surface area contributed by atoms with Crippen LogP contribution in [0.2, 0.25) is 0 Å². The number of fused-ring (bicyclic) bond motifs is 1. The standard InChI is InChI=1S/C26H25N3O4/c1-18-9-11-20(12-10-18)26(32)28-21-6-4-5-19(15-21)16-27-24(30)13-14-29-22-7-2-3-8-23(22)33-17-25(29)31/h2-12,15H,13-14,16-17H2,1H3,(H,27,30)(H,28,32). The van der Waals surface area contributed by atoms with Crippen LogP contribution in [0.25, 0.3) is 0 Å². The summed E-state index contributed by atoms with van der Waals surface area (Å²) in [4.78, 5) is 38.6. The van der Waals surface area contributed by atoms with Crippen LogP contribution >= 0.6 is 0 Å². The molecule has 0 saturated carbocycles. The van der Waals surface area contributed by atoms with E-state index in [0.717, 1.165) is 11.1 Å². The number of rotatable bonds is 7. The number of carbonyl (C=O) groups excluding carboxylic acids is 3. The molecule has 0 saturated heterocycles. The molecular weight excluding hydrogens is 418 g/mol. The summed E-state index contributed by atoms with van der Waals surface area (Å²) >= 11 is 0. The number of benzene rings is 3. The third kappa shape index (κ3) is 5.57. The maximum Gasteiger partial charge on any atom is 0.265 e. The van der Waals surface area contributed by atoms with Gasteiger partial charge in [-0.25, -0.2) is 0 Å². The lowest BCUT2D eigenvalue weighted by Gasteiger charge is -2.29. The van der Waals surface area contributed by atoms with Crippen molar-refractivity contribution in [2.75, 3.05) is 23.4 Å². The molecule has 3 aromatic rings. The Morgan fingerprint density at radius 3 is 2.61 bits per heavy atom. The summed E-state index contributed by atoms with van der Waals surface area (Å²) in [5.74, 6) is 0.119. The Morgan fingerprint density at radius 2 is 1.79 bits per heavy atom. The highest BCUT2D eigenvalue weighted by molar-refractivity contribution is 6.04. The molecule has 0 aromatic heterocycles. The smallest absolute Gasteiger partial charge is 0.265 e. The summed E-state index contributed by atoms with van der Waals surface area (Å²) in [6.07, 6.45) is 0.171. The van der Waals surface area contributed by atoms with E-state index in [1.54, 1.807) is 35.2 Å². The molecular formula is C26H25N3O4. The fraction of sp³-hybridized carbons (Fsp3) is 0.192. The molecule has 0 fully saturated rings. The third-order valence-corrected chi connectivity index (χ3v) is 5.36. The molecule has 3 aromatic carbocycles. The van der Waals surface area contributed by atoms with Crippen molar-refractivity contribution >= 4 is 29.1 Å². The molecule has 4 rings (SSSR count). The SMILES string of the molecule is Cc1ccc(C(=O)Nc2cccc(CNC(=O)CCN3C(=O)COc4ccccc43)c2)cc1. The highest BCUT2D eigenvalue weighted by Gasteiger charge is 2.25. The summed E-state index contributed by atoms with van der Waals surface area (Å²) in [5.41, 5.74) is 3.87. The number of anilines is 2. The minimum atomic E-state index is -0.188. The van der Waals surface area contributed by atoms with E-state index in [4.69, 9.17) is 4.74 Å². The van der Waals surface area contributed by atoms with E-state index in [1.807, 2.05) is 49.4 Å². The van der Waals surface area contributed by atoms with Gasteiger partial charge in [0.25, 0.3) is 11.8 Å². The summed E-state index contributed by atoms with van der Waals surface area (Å²) in [7, 11) is 0. The summed E-state index contributed by atoms with van der Waals surface area (Å²) in [6, 6.07) is 22.0. The molecule has 1 aliphatic rings. The molecule has 168 valence electrons. The molecule has 33 heavy (non-hydrogen) atoms. The molecule has 2 N–H and O–H groups in total. The lowest BCUT2D eigenvalue weighted by Crippen LogP contribution is -2.41. The number of hydrogen-bond acceptors (Lipinski definition) is 4. The number of amides is 3. The van der Waals surface area contributed by atoms with E-state index in [9.17, 15) is 14.4 Å². The van der Waals surface area contributed by atoms with Gasteiger partial charge in [-0.2, -0.15) is 0 Å². The van der Waals surface area contributed by atoms with Gasteiger partial charge in [0.2, 0.25) is 5.91 Å². The van der Waals surface area contributed by atoms with Crippen LogP contribution in [0, 0.1) is 6.92 Å². The minimum Gasteiger partial charge on any atom is -0.482 e. The van der Waals surface area contributed by atoms with Crippen molar-refractivity contribution in [3.8, 4) is 5.75 Å². The Hall–Kier alpha value is -4.13. The normalized spacial score (nSPS) is 12.5. The predicted molar refractivity (Wildman–Crippen MR) is 126 cm³/mol. The fourth-order valence-electron chi connectivity index (χ4n) is 3.57. The van der Waals surface area contributed by atoms with Gasteiger partial charge in [0.05, 0.1) is 5.69 Å². The fourth-order valence-corrected chi connectivity index (χ4v) is 3.57. The van der Waals surface area contributed by atoms with Gasteiger partial charge in [0.15, 0.2) is 6.61 Å². The van der Waals surface area contributed by atoms with Gasteiger partial charge in [0, 0.05) is 30.8 Å². The zero-order valence-corrected chi connectivity index (χ0v) is 18.3.